The molecule has 0 atom stereocenters. The fraction of sp³-hybridized carbons (Fsp3) is 0.0526. The van der Waals surface area contributed by atoms with Crippen molar-refractivity contribution in [3.05, 3.63) is 74.4 Å². The van der Waals surface area contributed by atoms with Gasteiger partial charge in [0.15, 0.2) is 6.61 Å². The van der Waals surface area contributed by atoms with Gasteiger partial charge >= 0.3 is 0 Å². The molecule has 28 heavy (non-hydrogen) atoms. The number of nitrogens with zero attached hydrogens (tertiary/aromatic N) is 1. The molecule has 0 fully saturated rings. The Morgan fingerprint density at radius 3 is 2.50 bits per heavy atom. The van der Waals surface area contributed by atoms with E-state index >= 15 is 0 Å². The van der Waals surface area contributed by atoms with E-state index in [9.17, 15) is 4.79 Å². The maximum atomic E-state index is 11.8. The summed E-state index contributed by atoms with van der Waals surface area (Å²) in [4.78, 5) is 11.8. The molecule has 0 bridgehead atoms. The quantitative estimate of drug-likeness (QED) is 0.359. The zero-order valence-corrected chi connectivity index (χ0v) is 17.1. The van der Waals surface area contributed by atoms with E-state index in [4.69, 9.17) is 55.6 Å². The molecule has 3 aromatic rings. The number of amides is 1. The second-order valence-corrected chi connectivity index (χ2v) is 7.17. The first-order valence-corrected chi connectivity index (χ1v) is 9.38. The third kappa shape index (κ3) is 5.42. The molecule has 0 unspecified atom stereocenters. The van der Waals surface area contributed by atoms with Crippen LogP contribution in [-0.4, -0.2) is 18.7 Å². The summed E-state index contributed by atoms with van der Waals surface area (Å²) in [5.41, 5.74) is 2.98. The van der Waals surface area contributed by atoms with Gasteiger partial charge in [0.05, 0.1) is 16.3 Å². The minimum absolute atomic E-state index is 0.279. The molecule has 2 aromatic carbocycles. The van der Waals surface area contributed by atoms with Crippen molar-refractivity contribution in [1.82, 2.24) is 5.43 Å². The molecule has 0 spiro atoms. The Hall–Kier alpha value is -2.18. The number of hydrogen-bond donors (Lipinski definition) is 1. The molecule has 3 rings (SSSR count). The van der Waals surface area contributed by atoms with Crippen LogP contribution in [-0.2, 0) is 4.79 Å². The summed E-state index contributed by atoms with van der Waals surface area (Å²) >= 11 is 24.0. The lowest BCUT2D eigenvalue weighted by Gasteiger charge is -2.07. The van der Waals surface area contributed by atoms with Crippen molar-refractivity contribution >= 4 is 58.5 Å². The molecule has 1 N–H and O–H groups in total. The van der Waals surface area contributed by atoms with Crippen LogP contribution in [0.1, 0.15) is 5.76 Å². The number of ether oxygens (including phenoxy) is 1. The Morgan fingerprint density at radius 2 is 1.71 bits per heavy atom. The lowest BCUT2D eigenvalue weighted by molar-refractivity contribution is -0.123. The molecule has 1 heterocycles. The molecule has 0 aliphatic rings. The number of furan rings is 1. The molecule has 5 nitrogen and oxygen atoms in total. The van der Waals surface area contributed by atoms with Crippen molar-refractivity contribution in [2.75, 3.05) is 6.61 Å². The van der Waals surface area contributed by atoms with Crippen molar-refractivity contribution in [3.63, 3.8) is 0 Å². The number of hydrazone groups is 1. The number of rotatable bonds is 6. The highest BCUT2D eigenvalue weighted by molar-refractivity contribution is 6.35. The highest BCUT2D eigenvalue weighted by atomic mass is 35.5. The Morgan fingerprint density at radius 1 is 1.00 bits per heavy atom. The molecule has 0 saturated carbocycles. The van der Waals surface area contributed by atoms with Crippen LogP contribution in [0, 0.1) is 0 Å². The lowest BCUT2D eigenvalue weighted by Crippen LogP contribution is -2.24. The van der Waals surface area contributed by atoms with Gasteiger partial charge in [0.2, 0.25) is 0 Å². The number of halogens is 4. The Labute approximate surface area is 180 Å². The molecular weight excluding hydrogens is 446 g/mol. The first kappa shape index (κ1) is 20.6. The monoisotopic (exact) mass is 456 g/mol. The predicted molar refractivity (Wildman–Crippen MR) is 112 cm³/mol. The average molecular weight is 458 g/mol. The van der Waals surface area contributed by atoms with Crippen molar-refractivity contribution in [2.24, 2.45) is 5.10 Å². The summed E-state index contributed by atoms with van der Waals surface area (Å²) in [5.74, 6) is 0.781. The molecule has 0 radical (unpaired) electrons. The van der Waals surface area contributed by atoms with Crippen LogP contribution in [0.3, 0.4) is 0 Å². The van der Waals surface area contributed by atoms with Gasteiger partial charge in [0, 0.05) is 21.7 Å². The highest BCUT2D eigenvalue weighted by Crippen LogP contribution is 2.31. The van der Waals surface area contributed by atoms with Crippen LogP contribution >= 0.6 is 46.4 Å². The molecule has 0 saturated heterocycles. The fourth-order valence-corrected chi connectivity index (χ4v) is 2.90. The van der Waals surface area contributed by atoms with Crippen molar-refractivity contribution in [3.8, 4) is 17.1 Å². The van der Waals surface area contributed by atoms with Crippen LogP contribution in [0.2, 0.25) is 20.1 Å². The minimum atomic E-state index is -0.475. The largest absolute Gasteiger partial charge is 0.482 e. The van der Waals surface area contributed by atoms with Crippen LogP contribution in [0.4, 0.5) is 0 Å². The van der Waals surface area contributed by atoms with E-state index in [-0.39, 0.29) is 6.61 Å². The summed E-state index contributed by atoms with van der Waals surface area (Å²) in [7, 11) is 0. The molecule has 1 amide bonds. The molecule has 0 aliphatic carbocycles. The Bertz CT molecular complexity index is 1030. The van der Waals surface area contributed by atoms with Gasteiger partial charge in [-0.15, -0.1) is 0 Å². The van der Waals surface area contributed by atoms with E-state index in [1.54, 1.807) is 42.5 Å². The van der Waals surface area contributed by atoms with E-state index in [1.807, 2.05) is 0 Å². The number of carbonyl (C=O) groups excluding carboxylic acids is 1. The second-order valence-electron chi connectivity index (χ2n) is 5.48. The molecular formula is C19H12Cl4N2O3. The SMILES string of the molecule is O=C(COc1cc(Cl)ccc1Cl)NN=Cc1ccc(-c2cc(Cl)ccc2Cl)o1. The maximum absolute atomic E-state index is 11.8. The van der Waals surface area contributed by atoms with Crippen molar-refractivity contribution in [2.45, 2.75) is 0 Å². The van der Waals surface area contributed by atoms with Gasteiger partial charge in [-0.1, -0.05) is 46.4 Å². The van der Waals surface area contributed by atoms with E-state index in [2.05, 4.69) is 10.5 Å². The fourth-order valence-electron chi connectivity index (χ4n) is 2.18. The van der Waals surface area contributed by atoms with E-state index in [0.717, 1.165) is 0 Å². The van der Waals surface area contributed by atoms with E-state index < -0.39 is 5.91 Å². The zero-order chi connectivity index (χ0) is 20.1. The van der Waals surface area contributed by atoms with Gasteiger partial charge < -0.3 is 9.15 Å². The Balaban J connectivity index is 1.56. The van der Waals surface area contributed by atoms with Crippen LogP contribution in [0.5, 0.6) is 5.75 Å². The van der Waals surface area contributed by atoms with E-state index in [0.29, 0.717) is 42.9 Å². The van der Waals surface area contributed by atoms with Gasteiger partial charge in [-0.3, -0.25) is 4.79 Å². The average Bonchev–Trinajstić information content (AvgIpc) is 3.13. The van der Waals surface area contributed by atoms with Gasteiger partial charge in [-0.2, -0.15) is 5.10 Å². The van der Waals surface area contributed by atoms with Gasteiger partial charge in [-0.05, 0) is 42.5 Å². The van der Waals surface area contributed by atoms with Crippen LogP contribution in [0.25, 0.3) is 11.3 Å². The maximum Gasteiger partial charge on any atom is 0.277 e. The van der Waals surface area contributed by atoms with Crippen LogP contribution in [0.15, 0.2) is 58.0 Å². The molecule has 0 aliphatic heterocycles. The summed E-state index contributed by atoms with van der Waals surface area (Å²) in [6, 6.07) is 13.2. The zero-order valence-electron chi connectivity index (χ0n) is 14.1. The van der Waals surface area contributed by atoms with Crippen molar-refractivity contribution < 1.29 is 13.9 Å². The van der Waals surface area contributed by atoms with Crippen molar-refractivity contribution in [1.29, 1.82) is 0 Å². The summed E-state index contributed by atoms with van der Waals surface area (Å²) in [6.45, 7) is -0.279. The number of nitrogens with one attached hydrogen (secondary N) is 1. The first-order chi connectivity index (χ1) is 13.4. The van der Waals surface area contributed by atoms with Gasteiger partial charge in [-0.25, -0.2) is 5.43 Å². The standard InChI is InChI=1S/C19H12Cl4N2O3/c20-11-1-4-15(22)14(7-11)17-6-3-13(28-17)9-24-25-19(26)10-27-18-8-12(21)2-5-16(18)23/h1-9H,10H2,(H,25,26). The number of benzene rings is 2. The topological polar surface area (TPSA) is 63.8 Å². The van der Waals surface area contributed by atoms with Crippen LogP contribution < -0.4 is 10.2 Å². The highest BCUT2D eigenvalue weighted by Gasteiger charge is 2.09. The van der Waals surface area contributed by atoms with Gasteiger partial charge in [0.25, 0.3) is 5.91 Å². The second kappa shape index (κ2) is 9.34. The third-order valence-corrected chi connectivity index (χ3v) is 4.57. The first-order valence-electron chi connectivity index (χ1n) is 7.87. The minimum Gasteiger partial charge on any atom is -0.482 e. The lowest BCUT2D eigenvalue weighted by atomic mass is 10.2. The number of hydrogen-bond acceptors (Lipinski definition) is 4. The summed E-state index contributed by atoms with van der Waals surface area (Å²) < 4.78 is 11.0. The summed E-state index contributed by atoms with van der Waals surface area (Å²) in [6.07, 6.45) is 1.35. The molecule has 144 valence electrons. The smallest absolute Gasteiger partial charge is 0.277 e. The summed E-state index contributed by atoms with van der Waals surface area (Å²) in [5, 5.41) is 5.67. The van der Waals surface area contributed by atoms with E-state index in [1.165, 1.54) is 12.3 Å². The molecule has 9 heteroatoms. The normalized spacial score (nSPS) is 11.0. The Kier molecular flexibility index (Phi) is 6.86. The number of carbonyl (C=O) groups is 1. The third-order valence-electron chi connectivity index (χ3n) is 3.45. The predicted octanol–water partition coefficient (Wildman–Crippen LogP) is 6.09. The van der Waals surface area contributed by atoms with Gasteiger partial charge in [0.1, 0.15) is 17.3 Å². The molecule has 1 aromatic heterocycles.